The molecule has 8 heteroatoms. The highest BCUT2D eigenvalue weighted by molar-refractivity contribution is 9.10. The minimum atomic E-state index is -4.55. The Labute approximate surface area is 115 Å². The van der Waals surface area contributed by atoms with Crippen molar-refractivity contribution in [3.63, 3.8) is 0 Å². The van der Waals surface area contributed by atoms with Crippen LogP contribution in [0.1, 0.15) is 22.3 Å². The van der Waals surface area contributed by atoms with E-state index in [0.29, 0.717) is 0 Å². The molecule has 0 bridgehead atoms. The van der Waals surface area contributed by atoms with Gasteiger partial charge in [-0.25, -0.2) is 0 Å². The fourth-order valence-electron chi connectivity index (χ4n) is 1.29. The average Bonchev–Trinajstić information content (AvgIpc) is 2.27. The number of carbonyl (C=O) groups excluding carboxylic acids is 2. The third-order valence-electron chi connectivity index (χ3n) is 2.19. The van der Waals surface area contributed by atoms with Crippen LogP contribution < -0.4 is 11.1 Å². The lowest BCUT2D eigenvalue weighted by molar-refractivity contribution is -0.138. The van der Waals surface area contributed by atoms with Crippen molar-refractivity contribution in [1.29, 1.82) is 0 Å². The van der Waals surface area contributed by atoms with Gasteiger partial charge in [-0.15, -0.1) is 0 Å². The first-order chi connectivity index (χ1) is 8.71. The van der Waals surface area contributed by atoms with Crippen LogP contribution in [0.25, 0.3) is 0 Å². The molecule has 0 aromatic heterocycles. The van der Waals surface area contributed by atoms with Crippen LogP contribution in [-0.2, 0) is 11.0 Å². The van der Waals surface area contributed by atoms with Gasteiger partial charge in [-0.05, 0) is 18.2 Å². The number of nitrogens with two attached hydrogens (primary N) is 1. The first-order valence-corrected chi connectivity index (χ1v) is 5.94. The van der Waals surface area contributed by atoms with Crippen LogP contribution in [0.15, 0.2) is 22.7 Å². The van der Waals surface area contributed by atoms with Crippen molar-refractivity contribution in [3.05, 3.63) is 33.8 Å². The van der Waals surface area contributed by atoms with Gasteiger partial charge in [-0.3, -0.25) is 9.59 Å². The molecule has 0 aliphatic heterocycles. The molecule has 0 saturated heterocycles. The first kappa shape index (κ1) is 15.5. The number of halogens is 4. The maximum absolute atomic E-state index is 12.6. The summed E-state index contributed by atoms with van der Waals surface area (Å²) in [4.78, 5) is 22.0. The first-order valence-electron chi connectivity index (χ1n) is 5.15. The Bertz CT molecular complexity index is 503. The van der Waals surface area contributed by atoms with Crippen molar-refractivity contribution >= 4 is 27.7 Å². The minimum Gasteiger partial charge on any atom is -0.370 e. The molecule has 0 radical (unpaired) electrons. The topological polar surface area (TPSA) is 72.2 Å². The number of amides is 2. The standard InChI is InChI=1S/C11H10BrF3N2O2/c12-8-2-1-6(5-7(8)11(13,14)15)10(19)17-4-3-9(16)18/h1-2,5H,3-4H2,(H2,16,18)(H,17,19). The average molecular weight is 339 g/mol. The highest BCUT2D eigenvalue weighted by atomic mass is 79.9. The van der Waals surface area contributed by atoms with Crippen LogP contribution in [0.2, 0.25) is 0 Å². The van der Waals surface area contributed by atoms with Crippen LogP contribution in [-0.4, -0.2) is 18.4 Å². The van der Waals surface area contributed by atoms with E-state index in [-0.39, 0.29) is 23.0 Å². The lowest BCUT2D eigenvalue weighted by atomic mass is 10.1. The molecule has 0 fully saturated rings. The summed E-state index contributed by atoms with van der Waals surface area (Å²) < 4.78 is 37.7. The number of rotatable bonds is 4. The second-order valence-corrected chi connectivity index (χ2v) is 4.52. The molecule has 0 unspecified atom stereocenters. The number of primary amides is 1. The molecule has 4 nitrogen and oxygen atoms in total. The summed E-state index contributed by atoms with van der Waals surface area (Å²) in [5, 5.41) is 2.31. The number of carbonyl (C=O) groups is 2. The van der Waals surface area contributed by atoms with Crippen molar-refractivity contribution in [2.75, 3.05) is 6.54 Å². The fourth-order valence-corrected chi connectivity index (χ4v) is 1.76. The maximum atomic E-state index is 12.6. The van der Waals surface area contributed by atoms with Crippen LogP contribution in [0.4, 0.5) is 13.2 Å². The molecule has 104 valence electrons. The third-order valence-corrected chi connectivity index (χ3v) is 2.88. The molecule has 3 N–H and O–H groups in total. The molecule has 19 heavy (non-hydrogen) atoms. The van der Waals surface area contributed by atoms with Crippen LogP contribution >= 0.6 is 15.9 Å². The molecule has 0 spiro atoms. The second kappa shape index (κ2) is 6.05. The van der Waals surface area contributed by atoms with E-state index in [4.69, 9.17) is 5.73 Å². The molecular formula is C11H10BrF3N2O2. The van der Waals surface area contributed by atoms with Crippen molar-refractivity contribution in [3.8, 4) is 0 Å². The monoisotopic (exact) mass is 338 g/mol. The van der Waals surface area contributed by atoms with E-state index in [1.165, 1.54) is 6.07 Å². The Morgan fingerprint density at radius 1 is 1.32 bits per heavy atom. The molecule has 1 rings (SSSR count). The smallest absolute Gasteiger partial charge is 0.370 e. The van der Waals surface area contributed by atoms with E-state index < -0.39 is 23.6 Å². The van der Waals surface area contributed by atoms with Gasteiger partial charge in [0, 0.05) is 23.0 Å². The Morgan fingerprint density at radius 3 is 2.47 bits per heavy atom. The summed E-state index contributed by atoms with van der Waals surface area (Å²) in [6.07, 6.45) is -4.63. The minimum absolute atomic E-state index is 0.0222. The Kier molecular flexibility index (Phi) is 4.93. The number of hydrogen-bond donors (Lipinski definition) is 2. The van der Waals surface area contributed by atoms with Gasteiger partial charge >= 0.3 is 6.18 Å². The van der Waals surface area contributed by atoms with E-state index in [1.54, 1.807) is 0 Å². The maximum Gasteiger partial charge on any atom is 0.417 e. The van der Waals surface area contributed by atoms with Crippen molar-refractivity contribution in [1.82, 2.24) is 5.32 Å². The van der Waals surface area contributed by atoms with Crippen LogP contribution in [0, 0.1) is 0 Å². The number of benzene rings is 1. The highest BCUT2D eigenvalue weighted by Gasteiger charge is 2.33. The van der Waals surface area contributed by atoms with E-state index in [9.17, 15) is 22.8 Å². The van der Waals surface area contributed by atoms with E-state index in [2.05, 4.69) is 21.2 Å². The normalized spacial score (nSPS) is 11.2. The zero-order valence-electron chi connectivity index (χ0n) is 9.55. The molecule has 0 saturated carbocycles. The molecule has 0 heterocycles. The van der Waals surface area contributed by atoms with Gasteiger partial charge in [-0.2, -0.15) is 13.2 Å². The lowest BCUT2D eigenvalue weighted by Gasteiger charge is -2.11. The molecule has 0 aliphatic carbocycles. The second-order valence-electron chi connectivity index (χ2n) is 3.66. The zero-order valence-corrected chi connectivity index (χ0v) is 11.1. The Hall–Kier alpha value is -1.57. The van der Waals surface area contributed by atoms with Gasteiger partial charge in [0.25, 0.3) is 5.91 Å². The summed E-state index contributed by atoms with van der Waals surface area (Å²) in [5.41, 5.74) is 3.80. The Balaban J connectivity index is 2.84. The SMILES string of the molecule is NC(=O)CCNC(=O)c1ccc(Br)c(C(F)(F)F)c1. The molecule has 0 aliphatic rings. The lowest BCUT2D eigenvalue weighted by Crippen LogP contribution is -2.28. The van der Waals surface area contributed by atoms with E-state index in [1.807, 2.05) is 0 Å². The molecular weight excluding hydrogens is 329 g/mol. The predicted molar refractivity (Wildman–Crippen MR) is 65.3 cm³/mol. The van der Waals surface area contributed by atoms with Gasteiger partial charge < -0.3 is 11.1 Å². The van der Waals surface area contributed by atoms with Gasteiger partial charge in [0.05, 0.1) is 5.56 Å². The highest BCUT2D eigenvalue weighted by Crippen LogP contribution is 2.35. The molecule has 1 aromatic carbocycles. The predicted octanol–water partition coefficient (Wildman–Crippen LogP) is 2.07. The van der Waals surface area contributed by atoms with Crippen molar-refractivity contribution < 1.29 is 22.8 Å². The van der Waals surface area contributed by atoms with Gasteiger partial charge in [-0.1, -0.05) is 15.9 Å². The summed E-state index contributed by atoms with van der Waals surface area (Å²) in [7, 11) is 0. The zero-order chi connectivity index (χ0) is 14.6. The van der Waals surface area contributed by atoms with Crippen molar-refractivity contribution in [2.45, 2.75) is 12.6 Å². The van der Waals surface area contributed by atoms with Crippen molar-refractivity contribution in [2.24, 2.45) is 5.73 Å². The van der Waals surface area contributed by atoms with Gasteiger partial charge in [0.1, 0.15) is 0 Å². The number of alkyl halides is 3. The largest absolute Gasteiger partial charge is 0.417 e. The van der Waals surface area contributed by atoms with E-state index in [0.717, 1.165) is 12.1 Å². The summed E-state index contributed by atoms with van der Waals surface area (Å²) >= 11 is 2.77. The fraction of sp³-hybridized carbons (Fsp3) is 0.273. The van der Waals surface area contributed by atoms with E-state index >= 15 is 0 Å². The third kappa shape index (κ3) is 4.55. The quantitative estimate of drug-likeness (QED) is 0.882. The summed E-state index contributed by atoms with van der Waals surface area (Å²) in [6.45, 7) is -0.0222. The van der Waals surface area contributed by atoms with Crippen LogP contribution in [0.5, 0.6) is 0 Å². The Morgan fingerprint density at radius 2 is 1.95 bits per heavy atom. The summed E-state index contributed by atoms with van der Waals surface area (Å²) in [6, 6.07) is 3.13. The van der Waals surface area contributed by atoms with Gasteiger partial charge in [0.15, 0.2) is 0 Å². The molecule has 0 atom stereocenters. The number of hydrogen-bond acceptors (Lipinski definition) is 2. The molecule has 2 amide bonds. The van der Waals surface area contributed by atoms with Crippen LogP contribution in [0.3, 0.4) is 0 Å². The number of nitrogens with one attached hydrogen (secondary N) is 1. The molecule has 1 aromatic rings. The summed E-state index contributed by atoms with van der Waals surface area (Å²) in [5.74, 6) is -1.30. The van der Waals surface area contributed by atoms with Gasteiger partial charge in [0.2, 0.25) is 5.91 Å².